The molecule has 0 saturated heterocycles. The summed E-state index contributed by atoms with van der Waals surface area (Å²) in [5.41, 5.74) is 0. The fourth-order valence-electron chi connectivity index (χ4n) is 0.752. The van der Waals surface area contributed by atoms with Gasteiger partial charge in [0.15, 0.2) is 0 Å². The predicted molar refractivity (Wildman–Crippen MR) is 45.8 cm³/mol. The van der Waals surface area contributed by atoms with Crippen molar-refractivity contribution in [2.45, 2.75) is 6.92 Å². The Labute approximate surface area is 70.9 Å². The molecule has 3 nitrogen and oxygen atoms in total. The van der Waals surface area contributed by atoms with Crippen molar-refractivity contribution in [1.82, 2.24) is 0 Å². The zero-order valence-corrected chi connectivity index (χ0v) is 6.69. The van der Waals surface area contributed by atoms with Gasteiger partial charge in [-0.05, 0) is 12.1 Å². The Morgan fingerprint density at radius 1 is 1.42 bits per heavy atom. The van der Waals surface area contributed by atoms with Gasteiger partial charge in [0.05, 0.1) is 0 Å². The third-order valence-electron chi connectivity index (χ3n) is 1.22. The fraction of sp³-hybridized carbons (Fsp3) is 0.111. The summed E-state index contributed by atoms with van der Waals surface area (Å²) in [4.78, 5) is 3.42. The van der Waals surface area contributed by atoms with E-state index >= 15 is 0 Å². The number of para-hydroxylation sites is 1. The lowest BCUT2D eigenvalue weighted by atomic mass is 10.3. The zero-order chi connectivity index (χ0) is 8.81. The Hall–Kier alpha value is -1.82. The van der Waals surface area contributed by atoms with Crippen molar-refractivity contribution in [3.63, 3.8) is 0 Å². The van der Waals surface area contributed by atoms with Crippen LogP contribution in [-0.2, 0) is 0 Å². The van der Waals surface area contributed by atoms with E-state index in [0.29, 0.717) is 11.6 Å². The van der Waals surface area contributed by atoms with Crippen molar-refractivity contribution in [1.29, 1.82) is 5.26 Å². The largest absolute Gasteiger partial charge is 0.443 e. The van der Waals surface area contributed by atoms with E-state index in [2.05, 4.69) is 4.99 Å². The van der Waals surface area contributed by atoms with Crippen LogP contribution < -0.4 is 4.74 Å². The average molecular weight is 160 g/mol. The second-order valence-electron chi connectivity index (χ2n) is 2.15. The molecule has 0 fully saturated rings. The topological polar surface area (TPSA) is 45.4 Å². The molecule has 1 aromatic rings. The van der Waals surface area contributed by atoms with Crippen molar-refractivity contribution in [2.75, 3.05) is 0 Å². The summed E-state index contributed by atoms with van der Waals surface area (Å²) in [5, 5.41) is 8.20. The smallest absolute Gasteiger partial charge is 0.208 e. The van der Waals surface area contributed by atoms with Gasteiger partial charge in [0.2, 0.25) is 12.1 Å². The molecule has 0 amide bonds. The van der Waals surface area contributed by atoms with Crippen molar-refractivity contribution >= 4 is 5.90 Å². The number of nitriles is 1. The molecule has 3 heteroatoms. The second kappa shape index (κ2) is 4.14. The van der Waals surface area contributed by atoms with Crippen LogP contribution in [0.3, 0.4) is 0 Å². The maximum Gasteiger partial charge on any atom is 0.208 e. The van der Waals surface area contributed by atoms with E-state index in [1.807, 2.05) is 18.2 Å². The van der Waals surface area contributed by atoms with Gasteiger partial charge in [-0.3, -0.25) is 0 Å². The molecule has 0 aromatic heterocycles. The molecule has 0 spiro atoms. The average Bonchev–Trinajstić information content (AvgIpc) is 2.06. The molecule has 0 aliphatic carbocycles. The monoisotopic (exact) mass is 160 g/mol. The zero-order valence-electron chi connectivity index (χ0n) is 6.69. The standard InChI is InChI=1S/C9H8N2O/c1-8(11-7-10)12-9-5-3-2-4-6-9/h2-6H,1H3/b11-8+. The van der Waals surface area contributed by atoms with Gasteiger partial charge in [-0.25, -0.2) is 0 Å². The predicted octanol–water partition coefficient (Wildman–Crippen LogP) is 1.96. The molecule has 0 unspecified atom stereocenters. The molecule has 0 aliphatic rings. The third-order valence-corrected chi connectivity index (χ3v) is 1.22. The highest BCUT2D eigenvalue weighted by Crippen LogP contribution is 2.08. The van der Waals surface area contributed by atoms with Crippen molar-refractivity contribution in [2.24, 2.45) is 4.99 Å². The molecular formula is C9H8N2O. The minimum atomic E-state index is 0.351. The highest BCUT2D eigenvalue weighted by molar-refractivity contribution is 5.76. The van der Waals surface area contributed by atoms with E-state index in [9.17, 15) is 0 Å². The molecule has 0 radical (unpaired) electrons. The molecule has 0 aliphatic heterocycles. The maximum absolute atomic E-state index is 8.20. The van der Waals surface area contributed by atoms with Crippen molar-refractivity contribution in [3.8, 4) is 11.9 Å². The van der Waals surface area contributed by atoms with E-state index in [0.717, 1.165) is 0 Å². The normalized spacial score (nSPS) is 10.5. The fourth-order valence-corrected chi connectivity index (χ4v) is 0.752. The summed E-state index contributed by atoms with van der Waals surface area (Å²) in [6.45, 7) is 1.64. The van der Waals surface area contributed by atoms with E-state index < -0.39 is 0 Å². The van der Waals surface area contributed by atoms with Crippen LogP contribution in [0.5, 0.6) is 5.75 Å². The first-order valence-electron chi connectivity index (χ1n) is 3.49. The number of benzene rings is 1. The first-order valence-corrected chi connectivity index (χ1v) is 3.49. The summed E-state index contributed by atoms with van der Waals surface area (Å²) in [7, 11) is 0. The molecule has 0 atom stereocenters. The van der Waals surface area contributed by atoms with Gasteiger partial charge in [-0.15, -0.1) is 4.99 Å². The first-order chi connectivity index (χ1) is 5.83. The molecule has 1 rings (SSSR count). The lowest BCUT2D eigenvalue weighted by Crippen LogP contribution is -2.01. The molecule has 1 aromatic carbocycles. The third kappa shape index (κ3) is 2.43. The van der Waals surface area contributed by atoms with Gasteiger partial charge in [0.1, 0.15) is 5.75 Å². The van der Waals surface area contributed by atoms with E-state index in [-0.39, 0.29) is 0 Å². The quantitative estimate of drug-likeness (QED) is 0.358. The molecular weight excluding hydrogens is 152 g/mol. The number of hydrogen-bond donors (Lipinski definition) is 0. The van der Waals surface area contributed by atoms with Crippen LogP contribution in [0.2, 0.25) is 0 Å². The summed E-state index contributed by atoms with van der Waals surface area (Å²) in [6, 6.07) is 9.21. The summed E-state index contributed by atoms with van der Waals surface area (Å²) < 4.78 is 5.18. The van der Waals surface area contributed by atoms with Gasteiger partial charge in [-0.2, -0.15) is 5.26 Å². The van der Waals surface area contributed by atoms with Gasteiger partial charge < -0.3 is 4.74 Å². The molecule has 0 N–H and O–H groups in total. The van der Waals surface area contributed by atoms with Gasteiger partial charge >= 0.3 is 0 Å². The van der Waals surface area contributed by atoms with Gasteiger partial charge in [0, 0.05) is 6.92 Å². The first kappa shape index (κ1) is 8.28. The summed E-state index contributed by atoms with van der Waals surface area (Å²) >= 11 is 0. The Balaban J connectivity index is 2.66. The minimum absolute atomic E-state index is 0.351. The number of hydrogen-bond acceptors (Lipinski definition) is 3. The molecule has 0 bridgehead atoms. The van der Waals surface area contributed by atoms with E-state index in [1.54, 1.807) is 25.2 Å². The van der Waals surface area contributed by atoms with Gasteiger partial charge in [-0.1, -0.05) is 18.2 Å². The Kier molecular flexibility index (Phi) is 2.86. The van der Waals surface area contributed by atoms with Crippen LogP contribution in [-0.4, -0.2) is 5.90 Å². The molecule has 12 heavy (non-hydrogen) atoms. The van der Waals surface area contributed by atoms with Crippen LogP contribution in [0, 0.1) is 11.5 Å². The maximum atomic E-state index is 8.20. The summed E-state index contributed by atoms with van der Waals surface area (Å²) in [6.07, 6.45) is 1.65. The van der Waals surface area contributed by atoms with Gasteiger partial charge in [0.25, 0.3) is 0 Å². The SMILES string of the molecule is C/C(=N\C#N)Oc1ccccc1. The number of nitrogens with zero attached hydrogens (tertiary/aromatic N) is 2. The van der Waals surface area contributed by atoms with E-state index in [4.69, 9.17) is 10.00 Å². The van der Waals surface area contributed by atoms with Crippen molar-refractivity contribution < 1.29 is 4.74 Å². The molecule has 60 valence electrons. The Bertz CT molecular complexity index is 311. The van der Waals surface area contributed by atoms with Crippen LogP contribution in [0.1, 0.15) is 6.92 Å². The van der Waals surface area contributed by atoms with Crippen molar-refractivity contribution in [3.05, 3.63) is 30.3 Å². The Morgan fingerprint density at radius 2 is 2.08 bits per heavy atom. The lowest BCUT2D eigenvalue weighted by molar-refractivity contribution is 0.547. The second-order valence-corrected chi connectivity index (χ2v) is 2.15. The minimum Gasteiger partial charge on any atom is -0.443 e. The summed E-state index contributed by atoms with van der Waals surface area (Å²) in [5.74, 6) is 1.04. The number of ether oxygens (including phenoxy) is 1. The van der Waals surface area contributed by atoms with Crippen LogP contribution >= 0.6 is 0 Å². The Morgan fingerprint density at radius 3 is 2.67 bits per heavy atom. The lowest BCUT2D eigenvalue weighted by Gasteiger charge is -2.00. The number of aliphatic imine (C=N–C) groups is 1. The molecule has 0 saturated carbocycles. The number of rotatable bonds is 1. The van der Waals surface area contributed by atoms with Crippen LogP contribution in [0.4, 0.5) is 0 Å². The van der Waals surface area contributed by atoms with Crippen LogP contribution in [0.15, 0.2) is 35.3 Å². The van der Waals surface area contributed by atoms with E-state index in [1.165, 1.54) is 0 Å². The van der Waals surface area contributed by atoms with Crippen LogP contribution in [0.25, 0.3) is 0 Å². The molecule has 0 heterocycles. The highest BCUT2D eigenvalue weighted by Gasteiger charge is 1.93. The highest BCUT2D eigenvalue weighted by atomic mass is 16.5.